The molecule has 1 amide bonds. The van der Waals surface area contributed by atoms with Crippen molar-refractivity contribution in [3.63, 3.8) is 0 Å². The molecule has 0 radical (unpaired) electrons. The molecule has 1 aromatic heterocycles. The minimum atomic E-state index is -0.00903. The number of methoxy groups -OCH3 is 1. The summed E-state index contributed by atoms with van der Waals surface area (Å²) in [7, 11) is 1.65. The van der Waals surface area contributed by atoms with Gasteiger partial charge in [-0.05, 0) is 31.0 Å². The zero-order valence-corrected chi connectivity index (χ0v) is 15.7. The molecule has 0 fully saturated rings. The van der Waals surface area contributed by atoms with Gasteiger partial charge in [-0.15, -0.1) is 0 Å². The zero-order valence-electron chi connectivity index (χ0n) is 14.9. The summed E-state index contributed by atoms with van der Waals surface area (Å²) in [5.74, 6) is 1.87. The number of aryl methyl sites for hydroxylation is 1. The van der Waals surface area contributed by atoms with Gasteiger partial charge < -0.3 is 10.1 Å². The number of rotatable bonds is 7. The third kappa shape index (κ3) is 4.52. The maximum absolute atomic E-state index is 12.2. The molecular weight excluding hydrogens is 346 g/mol. The van der Waals surface area contributed by atoms with Gasteiger partial charge >= 0.3 is 0 Å². The number of amides is 1. The van der Waals surface area contributed by atoms with Gasteiger partial charge in [0, 0.05) is 11.9 Å². The van der Waals surface area contributed by atoms with Crippen LogP contribution in [0.1, 0.15) is 11.4 Å². The number of nitrogens with one attached hydrogen (secondary N) is 1. The fraction of sp³-hybridized carbons (Fsp3) is 0.250. The summed E-state index contributed by atoms with van der Waals surface area (Å²) in [6.45, 7) is 2.44. The minimum absolute atomic E-state index is 0.00903. The van der Waals surface area contributed by atoms with Crippen LogP contribution in [-0.4, -0.2) is 35.3 Å². The molecule has 0 unspecified atom stereocenters. The minimum Gasteiger partial charge on any atom is -0.496 e. The molecule has 0 aliphatic heterocycles. The molecule has 0 saturated carbocycles. The van der Waals surface area contributed by atoms with Gasteiger partial charge in [0.1, 0.15) is 16.6 Å². The predicted molar refractivity (Wildman–Crippen MR) is 105 cm³/mol. The lowest BCUT2D eigenvalue weighted by atomic mass is 10.1. The van der Waals surface area contributed by atoms with E-state index in [1.165, 1.54) is 11.8 Å². The van der Waals surface area contributed by atoms with Gasteiger partial charge in [0.25, 0.3) is 0 Å². The molecule has 6 heteroatoms. The second-order valence-corrected chi connectivity index (χ2v) is 6.76. The van der Waals surface area contributed by atoms with Crippen molar-refractivity contribution in [2.24, 2.45) is 0 Å². The highest BCUT2D eigenvalue weighted by Crippen LogP contribution is 2.25. The lowest BCUT2D eigenvalue weighted by molar-refractivity contribution is -0.118. The smallest absolute Gasteiger partial charge is 0.230 e. The SMILES string of the molecule is COc1ccccc1CCNC(=O)CSc1nc(C)nc2ccccc12. The quantitative estimate of drug-likeness (QED) is 0.512. The zero-order chi connectivity index (χ0) is 18.4. The number of nitrogens with zero attached hydrogens (tertiary/aromatic N) is 2. The Balaban J connectivity index is 1.55. The van der Waals surface area contributed by atoms with Crippen LogP contribution in [0.3, 0.4) is 0 Å². The van der Waals surface area contributed by atoms with E-state index in [4.69, 9.17) is 4.74 Å². The normalized spacial score (nSPS) is 10.7. The van der Waals surface area contributed by atoms with E-state index in [1.54, 1.807) is 7.11 Å². The van der Waals surface area contributed by atoms with Crippen molar-refractivity contribution in [1.82, 2.24) is 15.3 Å². The summed E-state index contributed by atoms with van der Waals surface area (Å²) in [5.41, 5.74) is 1.99. The standard InChI is InChI=1S/C20H21N3O2S/c1-14-22-17-9-5-4-8-16(17)20(23-14)26-13-19(24)21-12-11-15-7-3-6-10-18(15)25-2/h3-10H,11-13H2,1-2H3,(H,21,24). The number of ether oxygens (including phenoxy) is 1. The summed E-state index contributed by atoms with van der Waals surface area (Å²) in [6, 6.07) is 15.7. The highest BCUT2D eigenvalue weighted by molar-refractivity contribution is 8.00. The number of aromatic nitrogens is 2. The topological polar surface area (TPSA) is 64.1 Å². The first-order chi connectivity index (χ1) is 12.7. The van der Waals surface area contributed by atoms with Crippen LogP contribution in [-0.2, 0) is 11.2 Å². The molecule has 5 nitrogen and oxygen atoms in total. The van der Waals surface area contributed by atoms with Gasteiger partial charge in [0.2, 0.25) is 5.91 Å². The molecule has 1 heterocycles. The third-order valence-electron chi connectivity index (χ3n) is 3.93. The molecule has 1 N–H and O–H groups in total. The Kier molecular flexibility index (Phi) is 6.07. The number of carbonyl (C=O) groups is 1. The summed E-state index contributed by atoms with van der Waals surface area (Å²) in [4.78, 5) is 21.1. The molecule has 0 saturated heterocycles. The van der Waals surface area contributed by atoms with Crippen molar-refractivity contribution < 1.29 is 9.53 Å². The van der Waals surface area contributed by atoms with Crippen LogP contribution < -0.4 is 10.1 Å². The number of benzene rings is 2. The average molecular weight is 367 g/mol. The molecule has 0 aliphatic carbocycles. The lowest BCUT2D eigenvalue weighted by Gasteiger charge is -2.09. The molecule has 3 rings (SSSR count). The van der Waals surface area contributed by atoms with E-state index in [-0.39, 0.29) is 5.91 Å². The van der Waals surface area contributed by atoms with Crippen LogP contribution in [0.25, 0.3) is 10.9 Å². The number of fused-ring (bicyclic) bond motifs is 1. The number of thioether (sulfide) groups is 1. The van der Waals surface area contributed by atoms with Gasteiger partial charge in [-0.2, -0.15) is 0 Å². The Morgan fingerprint density at radius 1 is 1.12 bits per heavy atom. The number of para-hydroxylation sites is 2. The van der Waals surface area contributed by atoms with Gasteiger partial charge in [-0.3, -0.25) is 4.79 Å². The Hall–Kier alpha value is -2.60. The molecule has 2 aromatic carbocycles. The Bertz CT molecular complexity index is 914. The van der Waals surface area contributed by atoms with E-state index in [2.05, 4.69) is 15.3 Å². The van der Waals surface area contributed by atoms with Gasteiger partial charge in [-0.25, -0.2) is 9.97 Å². The summed E-state index contributed by atoms with van der Waals surface area (Å²) in [5, 5.41) is 4.77. The van der Waals surface area contributed by atoms with Crippen LogP contribution >= 0.6 is 11.8 Å². The maximum atomic E-state index is 12.2. The van der Waals surface area contributed by atoms with Gasteiger partial charge in [-0.1, -0.05) is 48.2 Å². The number of hydrogen-bond acceptors (Lipinski definition) is 5. The number of hydrogen-bond donors (Lipinski definition) is 1. The first kappa shape index (κ1) is 18.2. The second kappa shape index (κ2) is 8.67. The monoisotopic (exact) mass is 367 g/mol. The molecular formula is C20H21N3O2S. The van der Waals surface area contributed by atoms with Crippen molar-refractivity contribution in [1.29, 1.82) is 0 Å². The maximum Gasteiger partial charge on any atom is 0.230 e. The summed E-state index contributed by atoms with van der Waals surface area (Å²) < 4.78 is 5.33. The molecule has 0 spiro atoms. The van der Waals surface area contributed by atoms with Gasteiger partial charge in [0.05, 0.1) is 18.4 Å². The van der Waals surface area contributed by atoms with E-state index in [9.17, 15) is 4.79 Å². The summed E-state index contributed by atoms with van der Waals surface area (Å²) >= 11 is 1.44. The van der Waals surface area contributed by atoms with Crippen molar-refractivity contribution in [3.05, 3.63) is 59.9 Å². The molecule has 3 aromatic rings. The highest BCUT2D eigenvalue weighted by Gasteiger charge is 2.09. The highest BCUT2D eigenvalue weighted by atomic mass is 32.2. The Labute approximate surface area is 157 Å². The van der Waals surface area contributed by atoms with E-state index in [0.29, 0.717) is 18.1 Å². The molecule has 26 heavy (non-hydrogen) atoms. The molecule has 134 valence electrons. The summed E-state index contributed by atoms with van der Waals surface area (Å²) in [6.07, 6.45) is 0.732. The van der Waals surface area contributed by atoms with Crippen molar-refractivity contribution in [3.8, 4) is 5.75 Å². The second-order valence-electron chi connectivity index (χ2n) is 5.79. The van der Waals surface area contributed by atoms with Crippen molar-refractivity contribution in [2.75, 3.05) is 19.4 Å². The van der Waals surface area contributed by atoms with Crippen LogP contribution in [0, 0.1) is 6.92 Å². The first-order valence-corrected chi connectivity index (χ1v) is 9.40. The van der Waals surface area contributed by atoms with E-state index < -0.39 is 0 Å². The van der Waals surface area contributed by atoms with Crippen LogP contribution in [0.5, 0.6) is 5.75 Å². The Morgan fingerprint density at radius 2 is 1.88 bits per heavy atom. The van der Waals surface area contributed by atoms with Crippen molar-refractivity contribution in [2.45, 2.75) is 18.4 Å². The average Bonchev–Trinajstić information content (AvgIpc) is 2.66. The van der Waals surface area contributed by atoms with Crippen molar-refractivity contribution >= 4 is 28.6 Å². The van der Waals surface area contributed by atoms with Gasteiger partial charge in [0.15, 0.2) is 0 Å². The molecule has 0 bridgehead atoms. The van der Waals surface area contributed by atoms with E-state index in [1.807, 2.05) is 55.5 Å². The lowest BCUT2D eigenvalue weighted by Crippen LogP contribution is -2.27. The van der Waals surface area contributed by atoms with E-state index >= 15 is 0 Å². The molecule has 0 atom stereocenters. The number of carbonyl (C=O) groups excluding carboxylic acids is 1. The van der Waals surface area contributed by atoms with Crippen LogP contribution in [0.15, 0.2) is 53.6 Å². The van der Waals surface area contributed by atoms with Crippen LogP contribution in [0.2, 0.25) is 0 Å². The largest absolute Gasteiger partial charge is 0.496 e. The first-order valence-electron chi connectivity index (χ1n) is 8.42. The third-order valence-corrected chi connectivity index (χ3v) is 4.92. The Morgan fingerprint density at radius 3 is 2.73 bits per heavy atom. The van der Waals surface area contributed by atoms with E-state index in [0.717, 1.165) is 33.7 Å². The van der Waals surface area contributed by atoms with Crippen LogP contribution in [0.4, 0.5) is 0 Å². The fourth-order valence-corrected chi connectivity index (χ4v) is 3.59. The predicted octanol–water partition coefficient (Wildman–Crippen LogP) is 3.40. The molecule has 0 aliphatic rings. The fourth-order valence-electron chi connectivity index (χ4n) is 2.70.